The molecule has 1 aromatic carbocycles. The number of hydrogen-bond donors (Lipinski definition) is 0. The number of rotatable bonds is 2. The second-order valence-corrected chi connectivity index (χ2v) is 5.38. The van der Waals surface area contributed by atoms with Crippen LogP contribution >= 0.6 is 11.6 Å². The molecule has 1 aliphatic carbocycles. The highest BCUT2D eigenvalue weighted by Crippen LogP contribution is 2.40. The highest BCUT2D eigenvalue weighted by molar-refractivity contribution is 6.30. The minimum Gasteiger partial charge on any atom is -0.468 e. The third kappa shape index (κ3) is 2.54. The van der Waals surface area contributed by atoms with Gasteiger partial charge in [-0.3, -0.25) is 9.59 Å². The minimum absolute atomic E-state index is 0.156. The Morgan fingerprint density at radius 2 is 2.10 bits per heavy atom. The first-order valence-electron chi connectivity index (χ1n) is 6.30. The maximum Gasteiger partial charge on any atom is 0.316 e. The van der Waals surface area contributed by atoms with E-state index >= 15 is 0 Å². The van der Waals surface area contributed by atoms with Crippen LogP contribution in [0.3, 0.4) is 0 Å². The van der Waals surface area contributed by atoms with E-state index in [0.717, 1.165) is 5.56 Å². The lowest BCUT2D eigenvalue weighted by Crippen LogP contribution is -2.40. The average Bonchev–Trinajstić information content (AvgIpc) is 2.48. The monoisotopic (exact) mass is 291 g/mol. The van der Waals surface area contributed by atoms with Gasteiger partial charge in [0.25, 0.3) is 0 Å². The van der Waals surface area contributed by atoms with Gasteiger partial charge in [-0.05, 0) is 30.5 Å². The van der Waals surface area contributed by atoms with Gasteiger partial charge < -0.3 is 4.74 Å². The van der Waals surface area contributed by atoms with Gasteiger partial charge in [-0.15, -0.1) is 0 Å². The van der Waals surface area contributed by atoms with Crippen LogP contribution in [-0.2, 0) is 19.7 Å². The van der Waals surface area contributed by atoms with E-state index in [4.69, 9.17) is 11.6 Å². The van der Waals surface area contributed by atoms with Crippen molar-refractivity contribution in [3.8, 4) is 6.07 Å². The summed E-state index contributed by atoms with van der Waals surface area (Å²) in [5.74, 6) is -1.58. The lowest BCUT2D eigenvalue weighted by atomic mass is 9.66. The molecule has 20 heavy (non-hydrogen) atoms. The van der Waals surface area contributed by atoms with Gasteiger partial charge in [0.15, 0.2) is 0 Å². The van der Waals surface area contributed by atoms with Crippen molar-refractivity contribution in [1.82, 2.24) is 0 Å². The van der Waals surface area contributed by atoms with Crippen molar-refractivity contribution in [2.75, 3.05) is 7.11 Å². The molecular formula is C15H14ClNO3. The quantitative estimate of drug-likeness (QED) is 0.620. The van der Waals surface area contributed by atoms with E-state index in [2.05, 4.69) is 10.8 Å². The normalized spacial score (nSPS) is 25.9. The van der Waals surface area contributed by atoms with Crippen LogP contribution < -0.4 is 0 Å². The van der Waals surface area contributed by atoms with E-state index in [1.807, 2.05) is 0 Å². The Kier molecular flexibility index (Phi) is 4.10. The smallest absolute Gasteiger partial charge is 0.316 e. The maximum absolute atomic E-state index is 11.9. The van der Waals surface area contributed by atoms with Gasteiger partial charge >= 0.3 is 5.97 Å². The fraction of sp³-hybridized carbons (Fsp3) is 0.400. The summed E-state index contributed by atoms with van der Waals surface area (Å²) in [7, 11) is 1.25. The highest BCUT2D eigenvalue weighted by atomic mass is 35.5. The number of benzene rings is 1. The summed E-state index contributed by atoms with van der Waals surface area (Å²) in [5.41, 5.74) is -0.0528. The molecule has 0 heterocycles. The largest absolute Gasteiger partial charge is 0.468 e. The number of hydrogen-bond acceptors (Lipinski definition) is 4. The van der Waals surface area contributed by atoms with Gasteiger partial charge in [0.05, 0.1) is 18.6 Å². The predicted octanol–water partition coefficient (Wildman–Crippen LogP) is 2.64. The molecule has 4 nitrogen and oxygen atoms in total. The third-order valence-corrected chi connectivity index (χ3v) is 4.09. The Labute approximate surface area is 122 Å². The van der Waals surface area contributed by atoms with Crippen LogP contribution in [0.1, 0.15) is 24.8 Å². The van der Waals surface area contributed by atoms with Crippen molar-refractivity contribution in [3.05, 3.63) is 34.9 Å². The molecule has 0 unspecified atom stereocenters. The van der Waals surface area contributed by atoms with E-state index < -0.39 is 17.3 Å². The van der Waals surface area contributed by atoms with Crippen molar-refractivity contribution in [3.63, 3.8) is 0 Å². The van der Waals surface area contributed by atoms with Gasteiger partial charge in [0.2, 0.25) is 0 Å². The number of nitriles is 1. The molecule has 0 N–H and O–H groups in total. The molecule has 0 amide bonds. The van der Waals surface area contributed by atoms with E-state index in [1.54, 1.807) is 24.3 Å². The SMILES string of the molecule is COC(=O)[C@H]1C[C@](C#N)(c2ccc(Cl)cc2)CCC1=O. The summed E-state index contributed by atoms with van der Waals surface area (Å²) < 4.78 is 4.66. The number of esters is 1. The Morgan fingerprint density at radius 3 is 2.65 bits per heavy atom. The molecule has 0 aliphatic heterocycles. The zero-order valence-electron chi connectivity index (χ0n) is 11.1. The Morgan fingerprint density at radius 1 is 1.45 bits per heavy atom. The van der Waals surface area contributed by atoms with Crippen LogP contribution in [0.5, 0.6) is 0 Å². The van der Waals surface area contributed by atoms with Gasteiger partial charge in [-0.25, -0.2) is 0 Å². The summed E-state index contributed by atoms with van der Waals surface area (Å²) in [6, 6.07) is 9.24. The van der Waals surface area contributed by atoms with E-state index in [9.17, 15) is 14.9 Å². The molecule has 2 atom stereocenters. The van der Waals surface area contributed by atoms with Crippen LogP contribution in [-0.4, -0.2) is 18.9 Å². The van der Waals surface area contributed by atoms with Crippen molar-refractivity contribution < 1.29 is 14.3 Å². The maximum atomic E-state index is 11.9. The molecule has 0 radical (unpaired) electrons. The third-order valence-electron chi connectivity index (χ3n) is 3.84. The Balaban J connectivity index is 2.36. The van der Waals surface area contributed by atoms with E-state index in [1.165, 1.54) is 7.11 Å². The molecule has 1 aromatic rings. The molecule has 1 aliphatic rings. The molecule has 5 heteroatoms. The van der Waals surface area contributed by atoms with Crippen LogP contribution in [0.4, 0.5) is 0 Å². The molecule has 1 fully saturated rings. The fourth-order valence-electron chi connectivity index (χ4n) is 2.63. The van der Waals surface area contributed by atoms with Crippen LogP contribution in [0.25, 0.3) is 0 Å². The second kappa shape index (κ2) is 5.64. The number of halogens is 1. The molecule has 1 saturated carbocycles. The summed E-state index contributed by atoms with van der Waals surface area (Å²) in [6.07, 6.45) is 0.782. The van der Waals surface area contributed by atoms with Crippen LogP contribution in [0.15, 0.2) is 24.3 Å². The fourth-order valence-corrected chi connectivity index (χ4v) is 2.76. The number of methoxy groups -OCH3 is 1. The Bertz CT molecular complexity index is 568. The topological polar surface area (TPSA) is 67.2 Å². The summed E-state index contributed by atoms with van der Waals surface area (Å²) in [5, 5.41) is 10.2. The van der Waals surface area contributed by atoms with Crippen molar-refractivity contribution >= 4 is 23.4 Å². The zero-order chi connectivity index (χ0) is 14.8. The number of carbonyl (C=O) groups is 2. The van der Waals surface area contributed by atoms with E-state index in [0.29, 0.717) is 11.4 Å². The lowest BCUT2D eigenvalue weighted by Gasteiger charge is -2.34. The van der Waals surface area contributed by atoms with Gasteiger partial charge in [-0.1, -0.05) is 23.7 Å². The summed E-state index contributed by atoms with van der Waals surface area (Å²) in [6.45, 7) is 0. The number of Topliss-reactive ketones (excluding diaryl/α,β-unsaturated/α-hetero) is 1. The number of ether oxygens (including phenoxy) is 1. The number of carbonyl (C=O) groups excluding carboxylic acids is 2. The standard InChI is InChI=1S/C15H14ClNO3/c1-20-14(19)12-8-15(9-17,7-6-13(12)18)10-2-4-11(16)5-3-10/h2-5,12H,6-8H2,1H3/t12-,15+/m0/s1. The Hall–Kier alpha value is -1.86. The number of nitrogens with zero attached hydrogens (tertiary/aromatic N) is 1. The molecule has 0 aromatic heterocycles. The summed E-state index contributed by atoms with van der Waals surface area (Å²) in [4.78, 5) is 23.5. The molecule has 0 saturated heterocycles. The average molecular weight is 292 g/mol. The number of ketones is 1. The predicted molar refractivity (Wildman–Crippen MR) is 73.1 cm³/mol. The molecule has 0 bridgehead atoms. The molecule has 0 spiro atoms. The van der Waals surface area contributed by atoms with Crippen molar-refractivity contribution in [2.45, 2.75) is 24.7 Å². The molecular weight excluding hydrogens is 278 g/mol. The second-order valence-electron chi connectivity index (χ2n) is 4.95. The molecule has 104 valence electrons. The minimum atomic E-state index is -0.857. The molecule has 2 rings (SSSR count). The van der Waals surface area contributed by atoms with Gasteiger partial charge in [0.1, 0.15) is 11.7 Å². The first-order chi connectivity index (χ1) is 9.52. The summed E-state index contributed by atoms with van der Waals surface area (Å²) >= 11 is 5.85. The lowest BCUT2D eigenvalue weighted by molar-refractivity contribution is -0.151. The first-order valence-corrected chi connectivity index (χ1v) is 6.68. The van der Waals surface area contributed by atoms with Crippen LogP contribution in [0.2, 0.25) is 5.02 Å². The highest BCUT2D eigenvalue weighted by Gasteiger charge is 2.45. The first kappa shape index (κ1) is 14.5. The van der Waals surface area contributed by atoms with Crippen molar-refractivity contribution in [2.24, 2.45) is 5.92 Å². The van der Waals surface area contributed by atoms with Gasteiger partial charge in [0, 0.05) is 11.4 Å². The zero-order valence-corrected chi connectivity index (χ0v) is 11.8. The van der Waals surface area contributed by atoms with Crippen LogP contribution in [0, 0.1) is 17.2 Å². The van der Waals surface area contributed by atoms with Crippen molar-refractivity contribution in [1.29, 1.82) is 5.26 Å². The van der Waals surface area contributed by atoms with Gasteiger partial charge in [-0.2, -0.15) is 5.26 Å². The van der Waals surface area contributed by atoms with E-state index in [-0.39, 0.29) is 18.6 Å².